The number of urea groups is 1. The number of amides is 2. The minimum atomic E-state index is -0.721. The second-order valence-corrected chi connectivity index (χ2v) is 8.21. The van der Waals surface area contributed by atoms with E-state index in [1.165, 1.54) is 24.5 Å². The highest BCUT2D eigenvalue weighted by Crippen LogP contribution is 2.34. The van der Waals surface area contributed by atoms with Crippen LogP contribution in [-0.2, 0) is 0 Å². The molecular weight excluding hydrogens is 413 g/mol. The molecule has 10 heteroatoms. The topological polar surface area (TPSA) is 104 Å². The number of anilines is 2. The number of β-amino-alcohol motifs (C(OH)–C–C–N with tert-alkyl or cyclic N) is 1. The highest BCUT2D eigenvalue weighted by atomic mass is 35.5. The van der Waals surface area contributed by atoms with Crippen LogP contribution in [0.15, 0.2) is 28.9 Å². The third-order valence-electron chi connectivity index (χ3n) is 4.98. The summed E-state index contributed by atoms with van der Waals surface area (Å²) in [6, 6.07) is 1.59. The number of furan rings is 1. The summed E-state index contributed by atoms with van der Waals surface area (Å²) in [7, 11) is 0. The summed E-state index contributed by atoms with van der Waals surface area (Å²) in [5.41, 5.74) is 0.786. The first kappa shape index (κ1) is 20.4. The normalized spacial score (nSPS) is 16.3. The van der Waals surface area contributed by atoms with Gasteiger partial charge in [-0.25, -0.2) is 19.2 Å². The fraction of sp³-hybridized carbons (Fsp3) is 0.350. The van der Waals surface area contributed by atoms with E-state index in [0.29, 0.717) is 47.0 Å². The summed E-state index contributed by atoms with van der Waals surface area (Å²) in [4.78, 5) is 22.6. The number of fused-ring (bicyclic) bond motifs is 1. The molecule has 3 aromatic rings. The van der Waals surface area contributed by atoms with Crippen LogP contribution >= 0.6 is 11.6 Å². The largest absolute Gasteiger partial charge is 0.457 e. The Kier molecular flexibility index (Phi) is 5.03. The van der Waals surface area contributed by atoms with Gasteiger partial charge >= 0.3 is 6.03 Å². The lowest BCUT2D eigenvalue weighted by Crippen LogP contribution is -2.60. The molecule has 1 aliphatic heterocycles. The Bertz CT molecular complexity index is 1110. The van der Waals surface area contributed by atoms with Crippen LogP contribution in [0.3, 0.4) is 0 Å². The molecule has 158 valence electrons. The molecule has 30 heavy (non-hydrogen) atoms. The number of nitrogens with one attached hydrogen (secondary N) is 2. The molecule has 3 N–H and O–H groups in total. The summed E-state index contributed by atoms with van der Waals surface area (Å²) in [5.74, 6) is 0.526. The summed E-state index contributed by atoms with van der Waals surface area (Å²) >= 11 is 6.07. The van der Waals surface area contributed by atoms with Gasteiger partial charge in [0.25, 0.3) is 0 Å². The van der Waals surface area contributed by atoms with E-state index < -0.39 is 23.5 Å². The average Bonchev–Trinajstić information content (AvgIpc) is 2.97. The molecule has 2 aromatic heterocycles. The second-order valence-electron chi connectivity index (χ2n) is 7.80. The van der Waals surface area contributed by atoms with E-state index in [2.05, 4.69) is 20.6 Å². The Morgan fingerprint density at radius 3 is 2.67 bits per heavy atom. The van der Waals surface area contributed by atoms with E-state index >= 15 is 0 Å². The van der Waals surface area contributed by atoms with Crippen molar-refractivity contribution >= 4 is 40.2 Å². The predicted octanol–water partition coefficient (Wildman–Crippen LogP) is 3.78. The Morgan fingerprint density at radius 1 is 1.37 bits per heavy atom. The van der Waals surface area contributed by atoms with Crippen molar-refractivity contribution in [1.29, 1.82) is 0 Å². The SMILES string of the molecule is Cc1c(C(C)NC(=O)Nc2cnc(N3CC(C)(O)C3)nc2)oc2c(Cl)cc(F)cc12. The van der Waals surface area contributed by atoms with Crippen molar-refractivity contribution < 1.29 is 18.7 Å². The molecule has 1 saturated heterocycles. The molecule has 1 aromatic carbocycles. The standard InChI is InChI=1S/C20H21ClFN5O3/c1-10-14-4-12(22)5-15(21)17(14)30-16(10)11(2)25-19(28)26-13-6-23-18(24-7-13)27-8-20(3,29)9-27/h4-7,11,29H,8-9H2,1-3H3,(H2,25,26,28). The van der Waals surface area contributed by atoms with Crippen molar-refractivity contribution in [2.24, 2.45) is 0 Å². The zero-order chi connectivity index (χ0) is 21.6. The molecule has 0 spiro atoms. The molecule has 2 amide bonds. The van der Waals surface area contributed by atoms with Crippen molar-refractivity contribution in [3.8, 4) is 0 Å². The van der Waals surface area contributed by atoms with Crippen LogP contribution in [0.5, 0.6) is 0 Å². The molecule has 8 nitrogen and oxygen atoms in total. The first-order valence-corrected chi connectivity index (χ1v) is 9.76. The molecule has 0 radical (unpaired) electrons. The van der Waals surface area contributed by atoms with E-state index in [9.17, 15) is 14.3 Å². The van der Waals surface area contributed by atoms with Crippen molar-refractivity contribution in [3.05, 3.63) is 46.7 Å². The lowest BCUT2D eigenvalue weighted by atomic mass is 9.98. The summed E-state index contributed by atoms with van der Waals surface area (Å²) < 4.78 is 19.4. The molecule has 0 bridgehead atoms. The van der Waals surface area contributed by atoms with Gasteiger partial charge in [0.2, 0.25) is 5.95 Å². The van der Waals surface area contributed by atoms with Crippen LogP contribution < -0.4 is 15.5 Å². The molecular formula is C20H21ClFN5O3. The van der Waals surface area contributed by atoms with Gasteiger partial charge < -0.3 is 25.1 Å². The molecule has 3 heterocycles. The summed E-state index contributed by atoms with van der Waals surface area (Å²) in [6.07, 6.45) is 2.99. The smallest absolute Gasteiger partial charge is 0.319 e. The second kappa shape index (κ2) is 7.41. The lowest BCUT2D eigenvalue weighted by Gasteiger charge is -2.44. The Hall–Kier alpha value is -2.91. The van der Waals surface area contributed by atoms with E-state index in [0.717, 1.165) is 0 Å². The maximum absolute atomic E-state index is 13.6. The van der Waals surface area contributed by atoms with Gasteiger partial charge in [-0.15, -0.1) is 0 Å². The molecule has 1 unspecified atom stereocenters. The molecule has 1 fully saturated rings. The van der Waals surface area contributed by atoms with E-state index in [1.54, 1.807) is 20.8 Å². The number of hydrogen-bond acceptors (Lipinski definition) is 6. The van der Waals surface area contributed by atoms with E-state index in [4.69, 9.17) is 16.0 Å². The van der Waals surface area contributed by atoms with Gasteiger partial charge in [0.15, 0.2) is 5.58 Å². The highest BCUT2D eigenvalue weighted by molar-refractivity contribution is 6.34. The molecule has 0 saturated carbocycles. The predicted molar refractivity (Wildman–Crippen MR) is 111 cm³/mol. The number of benzene rings is 1. The Balaban J connectivity index is 1.41. The van der Waals surface area contributed by atoms with Gasteiger partial charge in [0.1, 0.15) is 11.6 Å². The van der Waals surface area contributed by atoms with Crippen LogP contribution in [0.2, 0.25) is 5.02 Å². The van der Waals surface area contributed by atoms with Crippen molar-refractivity contribution in [2.45, 2.75) is 32.4 Å². The third-order valence-corrected chi connectivity index (χ3v) is 5.26. The maximum atomic E-state index is 13.6. The number of hydrogen-bond donors (Lipinski definition) is 3. The number of rotatable bonds is 4. The van der Waals surface area contributed by atoms with Crippen LogP contribution in [0.25, 0.3) is 11.0 Å². The number of halogens is 2. The fourth-order valence-electron chi connectivity index (χ4n) is 3.57. The van der Waals surface area contributed by atoms with Gasteiger partial charge in [0.05, 0.1) is 47.8 Å². The number of nitrogens with zero attached hydrogens (tertiary/aromatic N) is 3. The Labute approximate surface area is 177 Å². The van der Waals surface area contributed by atoms with Gasteiger partial charge in [-0.05, 0) is 32.9 Å². The van der Waals surface area contributed by atoms with E-state index in [1.807, 2.05) is 4.90 Å². The van der Waals surface area contributed by atoms with Crippen molar-refractivity contribution in [2.75, 3.05) is 23.3 Å². The van der Waals surface area contributed by atoms with Crippen molar-refractivity contribution in [1.82, 2.24) is 15.3 Å². The molecule has 0 aliphatic carbocycles. The zero-order valence-electron chi connectivity index (χ0n) is 16.7. The summed E-state index contributed by atoms with van der Waals surface area (Å²) in [5, 5.41) is 16.0. The van der Waals surface area contributed by atoms with Gasteiger partial charge in [-0.1, -0.05) is 11.6 Å². The Morgan fingerprint density at radius 2 is 2.03 bits per heavy atom. The van der Waals surface area contributed by atoms with E-state index in [-0.39, 0.29) is 5.02 Å². The van der Waals surface area contributed by atoms with Crippen LogP contribution in [0.1, 0.15) is 31.2 Å². The quantitative estimate of drug-likeness (QED) is 0.578. The van der Waals surface area contributed by atoms with Gasteiger partial charge in [-0.2, -0.15) is 0 Å². The fourth-order valence-corrected chi connectivity index (χ4v) is 3.82. The molecule has 1 aliphatic rings. The minimum Gasteiger partial charge on any atom is -0.457 e. The average molecular weight is 434 g/mol. The van der Waals surface area contributed by atoms with Crippen LogP contribution in [-0.4, -0.2) is 39.8 Å². The number of carbonyl (C=O) groups is 1. The molecule has 1 atom stereocenters. The highest BCUT2D eigenvalue weighted by Gasteiger charge is 2.37. The minimum absolute atomic E-state index is 0.178. The van der Waals surface area contributed by atoms with Crippen molar-refractivity contribution in [3.63, 3.8) is 0 Å². The molecule has 4 rings (SSSR count). The lowest BCUT2D eigenvalue weighted by molar-refractivity contribution is 0.0300. The number of aryl methyl sites for hydroxylation is 1. The van der Waals surface area contributed by atoms with Crippen LogP contribution in [0, 0.1) is 12.7 Å². The monoisotopic (exact) mass is 433 g/mol. The number of aliphatic hydroxyl groups is 1. The maximum Gasteiger partial charge on any atom is 0.319 e. The van der Waals surface area contributed by atoms with Gasteiger partial charge in [0, 0.05) is 10.9 Å². The van der Waals surface area contributed by atoms with Gasteiger partial charge in [-0.3, -0.25) is 0 Å². The van der Waals surface area contributed by atoms with Crippen LogP contribution in [0.4, 0.5) is 20.8 Å². The number of aromatic nitrogens is 2. The summed E-state index contributed by atoms with van der Waals surface area (Å²) in [6.45, 7) is 6.21. The number of carbonyl (C=O) groups excluding carboxylic acids is 1. The third kappa shape index (κ3) is 3.90. The first-order chi connectivity index (χ1) is 14.1. The first-order valence-electron chi connectivity index (χ1n) is 9.38. The zero-order valence-corrected chi connectivity index (χ0v) is 17.4.